The van der Waals surface area contributed by atoms with Crippen molar-refractivity contribution in [1.29, 1.82) is 0 Å². The average Bonchev–Trinajstić information content (AvgIpc) is 2.71. The van der Waals surface area contributed by atoms with Gasteiger partial charge in [-0.1, -0.05) is 50.2 Å². The maximum absolute atomic E-state index is 12.4. The molecule has 150 valence electrons. The molecule has 2 aromatic rings. The predicted molar refractivity (Wildman–Crippen MR) is 115 cm³/mol. The molecule has 1 atom stereocenters. The van der Waals surface area contributed by atoms with Gasteiger partial charge in [-0.05, 0) is 79.7 Å². The molecule has 0 radical (unpaired) electrons. The average molecular weight is 380 g/mol. The summed E-state index contributed by atoms with van der Waals surface area (Å²) in [7, 11) is 0. The van der Waals surface area contributed by atoms with Crippen LogP contribution in [0.2, 0.25) is 0 Å². The van der Waals surface area contributed by atoms with Gasteiger partial charge in [0.05, 0.1) is 0 Å². The first-order valence-electron chi connectivity index (χ1n) is 10.7. The normalized spacial score (nSPS) is 14.4. The van der Waals surface area contributed by atoms with Crippen LogP contribution in [0.3, 0.4) is 0 Å². The molecule has 3 heteroatoms. The maximum Gasteiger partial charge on any atom is 0.260 e. The van der Waals surface area contributed by atoms with E-state index in [1.54, 1.807) is 0 Å². The first kappa shape index (κ1) is 20.4. The number of carbonyl (C=O) groups excluding carboxylic acids is 1. The minimum absolute atomic E-state index is 0.0384. The highest BCUT2D eigenvalue weighted by Crippen LogP contribution is 2.30. The molecule has 1 N–H and O–H groups in total. The maximum atomic E-state index is 12.4. The number of fused-ring (bicyclic) bond motifs is 1. The summed E-state index contributed by atoms with van der Waals surface area (Å²) >= 11 is 0. The summed E-state index contributed by atoms with van der Waals surface area (Å²) in [5.74, 6) is 1.40. The molecule has 0 aromatic heterocycles. The van der Waals surface area contributed by atoms with Crippen molar-refractivity contribution < 1.29 is 9.53 Å². The summed E-state index contributed by atoms with van der Waals surface area (Å²) in [6.07, 6.45) is 6.04. The summed E-state index contributed by atoms with van der Waals surface area (Å²) in [4.78, 5) is 12.4. The van der Waals surface area contributed by atoms with Crippen molar-refractivity contribution in [1.82, 2.24) is 5.32 Å². The van der Waals surface area contributed by atoms with Crippen molar-refractivity contribution in [3.05, 3.63) is 64.7 Å². The Labute approximate surface area is 169 Å². The van der Waals surface area contributed by atoms with E-state index in [0.717, 1.165) is 31.4 Å². The third kappa shape index (κ3) is 5.37. The molecule has 1 aliphatic rings. The minimum atomic E-state index is -0.473. The number of nitrogens with one attached hydrogen (secondary N) is 1. The number of amides is 1. The second-order valence-electron chi connectivity index (χ2n) is 8.15. The molecule has 0 spiro atoms. The Morgan fingerprint density at radius 1 is 1.04 bits per heavy atom. The van der Waals surface area contributed by atoms with Crippen molar-refractivity contribution in [2.75, 3.05) is 6.54 Å². The fraction of sp³-hybridized carbons (Fsp3) is 0.480. The number of hydrogen-bond acceptors (Lipinski definition) is 2. The van der Waals surface area contributed by atoms with Crippen LogP contribution in [-0.4, -0.2) is 18.6 Å². The van der Waals surface area contributed by atoms with Gasteiger partial charge in [-0.25, -0.2) is 0 Å². The van der Waals surface area contributed by atoms with E-state index in [-0.39, 0.29) is 5.91 Å². The quantitative estimate of drug-likeness (QED) is 0.640. The lowest BCUT2D eigenvalue weighted by Gasteiger charge is -2.22. The third-order valence-corrected chi connectivity index (χ3v) is 5.61. The van der Waals surface area contributed by atoms with Gasteiger partial charge in [0.25, 0.3) is 5.91 Å². The molecule has 3 nitrogen and oxygen atoms in total. The second-order valence-corrected chi connectivity index (χ2v) is 8.15. The highest BCUT2D eigenvalue weighted by Gasteiger charge is 2.19. The molecule has 2 aromatic carbocycles. The number of carbonyl (C=O) groups is 1. The van der Waals surface area contributed by atoms with Crippen LogP contribution in [0.4, 0.5) is 0 Å². The summed E-state index contributed by atoms with van der Waals surface area (Å²) in [6.45, 7) is 6.92. The number of benzene rings is 2. The number of aryl methyl sites for hydroxylation is 2. The number of ether oxygens (including phenoxy) is 1. The molecule has 0 aliphatic heterocycles. The molecular weight excluding hydrogens is 346 g/mol. The van der Waals surface area contributed by atoms with E-state index >= 15 is 0 Å². The Kier molecular flexibility index (Phi) is 7.13. The van der Waals surface area contributed by atoms with E-state index in [9.17, 15) is 4.79 Å². The van der Waals surface area contributed by atoms with Crippen molar-refractivity contribution in [2.45, 2.75) is 71.3 Å². The zero-order valence-corrected chi connectivity index (χ0v) is 17.5. The number of hydrogen-bond donors (Lipinski definition) is 1. The molecule has 0 unspecified atom stereocenters. The van der Waals surface area contributed by atoms with Crippen molar-refractivity contribution in [2.24, 2.45) is 0 Å². The van der Waals surface area contributed by atoms with Crippen molar-refractivity contribution >= 4 is 5.91 Å². The standard InChI is InChI=1S/C25H33NO2/c1-18(2)21-15-13-20(14-16-21)8-7-17-26-25(27)19(3)28-24-12-6-10-22-9-4-5-11-23(22)24/h6,10,12-16,18-19H,4-5,7-9,11,17H2,1-3H3,(H,26,27)/t19-/m0/s1. The second kappa shape index (κ2) is 9.77. The first-order chi connectivity index (χ1) is 13.5. The molecule has 0 fully saturated rings. The van der Waals surface area contributed by atoms with Crippen LogP contribution < -0.4 is 10.1 Å². The fourth-order valence-electron chi connectivity index (χ4n) is 3.82. The Morgan fingerprint density at radius 3 is 2.54 bits per heavy atom. The fourth-order valence-corrected chi connectivity index (χ4v) is 3.82. The highest BCUT2D eigenvalue weighted by molar-refractivity contribution is 5.80. The van der Waals surface area contributed by atoms with E-state index in [0.29, 0.717) is 12.5 Å². The smallest absolute Gasteiger partial charge is 0.260 e. The van der Waals surface area contributed by atoms with Crippen molar-refractivity contribution in [3.8, 4) is 5.75 Å². The summed E-state index contributed by atoms with van der Waals surface area (Å²) in [5.41, 5.74) is 5.35. The SMILES string of the molecule is CC(C)c1ccc(CCCNC(=O)[C@H](C)Oc2cccc3c2CCCC3)cc1. The topological polar surface area (TPSA) is 38.3 Å². The monoisotopic (exact) mass is 379 g/mol. The zero-order valence-electron chi connectivity index (χ0n) is 17.5. The lowest BCUT2D eigenvalue weighted by atomic mass is 9.91. The van der Waals surface area contributed by atoms with Gasteiger partial charge in [0.15, 0.2) is 6.10 Å². The van der Waals surface area contributed by atoms with Crippen LogP contribution >= 0.6 is 0 Å². The van der Waals surface area contributed by atoms with E-state index in [4.69, 9.17) is 4.74 Å². The van der Waals surface area contributed by atoms with E-state index < -0.39 is 6.10 Å². The van der Waals surface area contributed by atoms with Crippen LogP contribution in [0.15, 0.2) is 42.5 Å². The van der Waals surface area contributed by atoms with Gasteiger partial charge in [-0.15, -0.1) is 0 Å². The van der Waals surface area contributed by atoms with Crippen LogP contribution in [0.1, 0.15) is 68.2 Å². The lowest BCUT2D eigenvalue weighted by molar-refractivity contribution is -0.127. The first-order valence-corrected chi connectivity index (χ1v) is 10.7. The Bertz CT molecular complexity index is 780. The van der Waals surface area contributed by atoms with Gasteiger partial charge >= 0.3 is 0 Å². The van der Waals surface area contributed by atoms with Crippen LogP contribution in [0, 0.1) is 0 Å². The largest absolute Gasteiger partial charge is 0.481 e. The zero-order chi connectivity index (χ0) is 19.9. The Balaban J connectivity index is 1.43. The Hall–Kier alpha value is -2.29. The molecule has 0 saturated heterocycles. The van der Waals surface area contributed by atoms with E-state index in [1.165, 1.54) is 35.1 Å². The molecule has 0 heterocycles. The molecular formula is C25H33NO2. The van der Waals surface area contributed by atoms with E-state index in [2.05, 4.69) is 49.5 Å². The van der Waals surface area contributed by atoms with Crippen LogP contribution in [0.25, 0.3) is 0 Å². The molecule has 3 rings (SSSR count). The molecule has 28 heavy (non-hydrogen) atoms. The summed E-state index contributed by atoms with van der Waals surface area (Å²) in [5, 5.41) is 3.02. The van der Waals surface area contributed by atoms with Gasteiger partial charge < -0.3 is 10.1 Å². The molecule has 0 saturated carbocycles. The van der Waals surface area contributed by atoms with Crippen LogP contribution in [0.5, 0.6) is 5.75 Å². The van der Waals surface area contributed by atoms with Gasteiger partial charge in [0, 0.05) is 6.54 Å². The third-order valence-electron chi connectivity index (χ3n) is 5.61. The van der Waals surface area contributed by atoms with E-state index in [1.807, 2.05) is 19.1 Å². The predicted octanol–water partition coefficient (Wildman–Crippen LogP) is 5.21. The molecule has 0 bridgehead atoms. The van der Waals surface area contributed by atoms with Crippen molar-refractivity contribution in [3.63, 3.8) is 0 Å². The van der Waals surface area contributed by atoms with Gasteiger partial charge in [0.2, 0.25) is 0 Å². The number of rotatable bonds is 8. The lowest BCUT2D eigenvalue weighted by Crippen LogP contribution is -2.37. The minimum Gasteiger partial charge on any atom is -0.481 e. The Morgan fingerprint density at radius 2 is 1.79 bits per heavy atom. The molecule has 1 aliphatic carbocycles. The summed E-state index contributed by atoms with van der Waals surface area (Å²) in [6, 6.07) is 15.0. The van der Waals surface area contributed by atoms with Gasteiger partial charge in [0.1, 0.15) is 5.75 Å². The highest BCUT2D eigenvalue weighted by atomic mass is 16.5. The van der Waals surface area contributed by atoms with Gasteiger partial charge in [-0.2, -0.15) is 0 Å². The van der Waals surface area contributed by atoms with Gasteiger partial charge in [-0.3, -0.25) is 4.79 Å². The van der Waals surface area contributed by atoms with Crippen LogP contribution in [-0.2, 0) is 24.1 Å². The summed E-state index contributed by atoms with van der Waals surface area (Å²) < 4.78 is 6.01. The molecule has 1 amide bonds.